The molecular formula is C18H14ClFN2O. The van der Waals surface area contributed by atoms with E-state index in [0.29, 0.717) is 16.4 Å². The van der Waals surface area contributed by atoms with Crippen molar-refractivity contribution in [3.63, 3.8) is 0 Å². The normalized spacial score (nSPS) is 10.6. The molecule has 116 valence electrons. The van der Waals surface area contributed by atoms with Crippen molar-refractivity contribution in [2.45, 2.75) is 6.92 Å². The van der Waals surface area contributed by atoms with Crippen LogP contribution in [0.1, 0.15) is 16.1 Å². The van der Waals surface area contributed by atoms with E-state index < -0.39 is 0 Å². The maximum atomic E-state index is 13.0. The Morgan fingerprint density at radius 3 is 2.61 bits per heavy atom. The van der Waals surface area contributed by atoms with Crippen molar-refractivity contribution in [3.05, 3.63) is 76.8 Å². The summed E-state index contributed by atoms with van der Waals surface area (Å²) in [5.74, 6) is -0.553. The molecule has 2 aromatic carbocycles. The fourth-order valence-electron chi connectivity index (χ4n) is 2.27. The molecule has 0 bridgehead atoms. The van der Waals surface area contributed by atoms with E-state index in [4.69, 9.17) is 11.6 Å². The number of benzene rings is 2. The van der Waals surface area contributed by atoms with Gasteiger partial charge in [-0.05, 0) is 53.9 Å². The molecule has 0 unspecified atom stereocenters. The Kier molecular flexibility index (Phi) is 4.17. The molecule has 1 heterocycles. The predicted octanol–water partition coefficient (Wildman–Crippen LogP) is 5.03. The number of hydrogen-bond acceptors (Lipinski definition) is 1. The van der Waals surface area contributed by atoms with Gasteiger partial charge in [0.25, 0.3) is 5.91 Å². The van der Waals surface area contributed by atoms with Gasteiger partial charge in [0.1, 0.15) is 11.5 Å². The summed E-state index contributed by atoms with van der Waals surface area (Å²) in [6.07, 6.45) is 1.72. The number of hydrogen-bond donors (Lipinski definition) is 2. The summed E-state index contributed by atoms with van der Waals surface area (Å²) in [6.45, 7) is 1.84. The average molecular weight is 329 g/mol. The first-order valence-electron chi connectivity index (χ1n) is 7.05. The third-order valence-corrected chi connectivity index (χ3v) is 4.03. The molecule has 3 rings (SSSR count). The van der Waals surface area contributed by atoms with Gasteiger partial charge in [0.15, 0.2) is 0 Å². The fraction of sp³-hybridized carbons (Fsp3) is 0.0556. The van der Waals surface area contributed by atoms with Crippen LogP contribution >= 0.6 is 11.6 Å². The second-order valence-corrected chi connectivity index (χ2v) is 5.58. The van der Waals surface area contributed by atoms with Gasteiger partial charge in [-0.3, -0.25) is 4.79 Å². The van der Waals surface area contributed by atoms with Crippen LogP contribution in [0.15, 0.2) is 54.7 Å². The first-order valence-corrected chi connectivity index (χ1v) is 7.43. The van der Waals surface area contributed by atoms with Crippen molar-refractivity contribution in [2.24, 2.45) is 0 Å². The average Bonchev–Trinajstić information content (AvgIpc) is 3.02. The second-order valence-electron chi connectivity index (χ2n) is 5.18. The molecule has 0 saturated heterocycles. The minimum Gasteiger partial charge on any atom is -0.357 e. The van der Waals surface area contributed by atoms with Crippen LogP contribution < -0.4 is 5.32 Å². The van der Waals surface area contributed by atoms with Crippen LogP contribution in [0.5, 0.6) is 0 Å². The van der Waals surface area contributed by atoms with E-state index in [0.717, 1.165) is 16.7 Å². The van der Waals surface area contributed by atoms with Crippen LogP contribution in [0.2, 0.25) is 5.02 Å². The summed E-state index contributed by atoms with van der Waals surface area (Å²) in [6, 6.07) is 13.2. The number of carbonyl (C=O) groups excluding carboxylic acids is 1. The minimum atomic E-state index is -0.293. The third kappa shape index (κ3) is 3.27. The Bertz CT molecular complexity index is 856. The van der Waals surface area contributed by atoms with Crippen LogP contribution in [-0.4, -0.2) is 10.9 Å². The predicted molar refractivity (Wildman–Crippen MR) is 90.3 cm³/mol. The van der Waals surface area contributed by atoms with Gasteiger partial charge in [-0.15, -0.1) is 0 Å². The Balaban J connectivity index is 1.81. The van der Waals surface area contributed by atoms with E-state index in [2.05, 4.69) is 10.3 Å². The third-order valence-electron chi connectivity index (χ3n) is 3.62. The van der Waals surface area contributed by atoms with Crippen LogP contribution in [-0.2, 0) is 0 Å². The maximum Gasteiger partial charge on any atom is 0.272 e. The molecule has 0 spiro atoms. The number of rotatable bonds is 3. The standard InChI is InChI=1S/C18H14ClFN2O/c1-11-15(19)3-2-4-16(11)22-18(23)17-9-13(10-21-17)12-5-7-14(20)8-6-12/h2-10,21H,1H3,(H,22,23). The zero-order valence-corrected chi connectivity index (χ0v) is 13.1. The van der Waals surface area contributed by atoms with Crippen molar-refractivity contribution in [1.82, 2.24) is 4.98 Å². The molecule has 0 aliphatic carbocycles. The van der Waals surface area contributed by atoms with E-state index in [9.17, 15) is 9.18 Å². The molecule has 1 amide bonds. The number of anilines is 1. The lowest BCUT2D eigenvalue weighted by Crippen LogP contribution is -2.13. The highest BCUT2D eigenvalue weighted by Crippen LogP contribution is 2.24. The summed E-state index contributed by atoms with van der Waals surface area (Å²) in [4.78, 5) is 15.3. The maximum absolute atomic E-state index is 13.0. The first kappa shape index (κ1) is 15.3. The Hall–Kier alpha value is -2.59. The van der Waals surface area contributed by atoms with Crippen LogP contribution in [0, 0.1) is 12.7 Å². The molecular weight excluding hydrogens is 315 g/mol. The summed E-state index contributed by atoms with van der Waals surface area (Å²) < 4.78 is 13.0. The Morgan fingerprint density at radius 2 is 1.87 bits per heavy atom. The van der Waals surface area contributed by atoms with Gasteiger partial charge in [0.05, 0.1) is 0 Å². The highest BCUT2D eigenvalue weighted by atomic mass is 35.5. The van der Waals surface area contributed by atoms with Gasteiger partial charge < -0.3 is 10.3 Å². The highest BCUT2D eigenvalue weighted by Gasteiger charge is 2.12. The number of aromatic nitrogens is 1. The number of carbonyl (C=O) groups is 1. The van der Waals surface area contributed by atoms with Gasteiger partial charge in [-0.1, -0.05) is 29.8 Å². The number of amides is 1. The van der Waals surface area contributed by atoms with Gasteiger partial charge in [0, 0.05) is 16.9 Å². The summed E-state index contributed by atoms with van der Waals surface area (Å²) >= 11 is 6.05. The quantitative estimate of drug-likeness (QED) is 0.695. The summed E-state index contributed by atoms with van der Waals surface area (Å²) in [5.41, 5.74) is 3.55. The van der Waals surface area contributed by atoms with E-state index in [1.165, 1.54) is 12.1 Å². The molecule has 0 fully saturated rings. The number of aromatic amines is 1. The fourth-order valence-corrected chi connectivity index (χ4v) is 2.44. The highest BCUT2D eigenvalue weighted by molar-refractivity contribution is 6.31. The van der Waals surface area contributed by atoms with Crippen molar-refractivity contribution in [2.75, 3.05) is 5.32 Å². The van der Waals surface area contributed by atoms with Crippen molar-refractivity contribution < 1.29 is 9.18 Å². The number of nitrogens with one attached hydrogen (secondary N) is 2. The minimum absolute atomic E-state index is 0.260. The molecule has 0 aliphatic heterocycles. The van der Waals surface area contributed by atoms with Gasteiger partial charge in [0.2, 0.25) is 0 Å². The second kappa shape index (κ2) is 6.26. The smallest absolute Gasteiger partial charge is 0.272 e. The lowest BCUT2D eigenvalue weighted by Gasteiger charge is -2.08. The van der Waals surface area contributed by atoms with Crippen LogP contribution in [0.4, 0.5) is 10.1 Å². The lowest BCUT2D eigenvalue weighted by atomic mass is 10.1. The molecule has 0 aliphatic rings. The molecule has 5 heteroatoms. The monoisotopic (exact) mass is 328 g/mol. The van der Waals surface area contributed by atoms with Crippen molar-refractivity contribution in [1.29, 1.82) is 0 Å². The van der Waals surface area contributed by atoms with Crippen molar-refractivity contribution in [3.8, 4) is 11.1 Å². The van der Waals surface area contributed by atoms with Gasteiger partial charge in [-0.25, -0.2) is 4.39 Å². The van der Waals surface area contributed by atoms with Crippen LogP contribution in [0.3, 0.4) is 0 Å². The van der Waals surface area contributed by atoms with Gasteiger partial charge in [-0.2, -0.15) is 0 Å². The van der Waals surface area contributed by atoms with E-state index >= 15 is 0 Å². The SMILES string of the molecule is Cc1c(Cl)cccc1NC(=O)c1cc(-c2ccc(F)cc2)c[nH]1. The summed E-state index contributed by atoms with van der Waals surface area (Å²) in [5, 5.41) is 3.43. The molecule has 0 atom stereocenters. The Morgan fingerprint density at radius 1 is 1.13 bits per heavy atom. The molecule has 23 heavy (non-hydrogen) atoms. The van der Waals surface area contributed by atoms with Crippen molar-refractivity contribution >= 4 is 23.2 Å². The van der Waals surface area contributed by atoms with E-state index in [1.807, 2.05) is 6.92 Å². The lowest BCUT2D eigenvalue weighted by molar-refractivity contribution is 0.102. The van der Waals surface area contributed by atoms with E-state index in [-0.39, 0.29) is 11.7 Å². The Labute approximate surface area is 138 Å². The number of halogens is 2. The molecule has 3 aromatic rings. The first-order chi connectivity index (χ1) is 11.0. The molecule has 0 radical (unpaired) electrons. The largest absolute Gasteiger partial charge is 0.357 e. The molecule has 3 nitrogen and oxygen atoms in total. The zero-order valence-electron chi connectivity index (χ0n) is 12.4. The van der Waals surface area contributed by atoms with Gasteiger partial charge >= 0.3 is 0 Å². The topological polar surface area (TPSA) is 44.9 Å². The van der Waals surface area contributed by atoms with E-state index in [1.54, 1.807) is 42.6 Å². The van der Waals surface area contributed by atoms with Crippen LogP contribution in [0.25, 0.3) is 11.1 Å². The summed E-state index contributed by atoms with van der Waals surface area (Å²) in [7, 11) is 0. The zero-order chi connectivity index (χ0) is 16.4. The molecule has 2 N–H and O–H groups in total. The molecule has 1 aromatic heterocycles. The molecule has 0 saturated carbocycles. The number of H-pyrrole nitrogens is 1.